The molecule has 0 bridgehead atoms. The molecule has 0 fully saturated rings. The van der Waals surface area contributed by atoms with Gasteiger partial charge in [0.25, 0.3) is 0 Å². The molecular weight excluding hydrogens is 175 g/mol. The minimum atomic E-state index is -4.04. The molecule has 0 saturated heterocycles. The standard InChI is InChI=1S/C8H7O3P/c9-12(10,11)8-5-6-3-1-2-4-7(6)8/h1-5H,(H2,9,10,11). The average molecular weight is 182 g/mol. The van der Waals surface area contributed by atoms with E-state index in [0.717, 1.165) is 5.56 Å². The van der Waals surface area contributed by atoms with E-state index in [4.69, 9.17) is 9.79 Å². The maximum Gasteiger partial charge on any atom is 0.356 e. The first-order valence-electron chi connectivity index (χ1n) is 3.46. The molecule has 62 valence electrons. The monoisotopic (exact) mass is 182 g/mol. The van der Waals surface area contributed by atoms with E-state index in [9.17, 15) is 4.57 Å². The molecule has 1 aliphatic rings. The molecule has 2 N–H and O–H groups in total. The molecule has 0 amide bonds. The third-order valence-electron chi connectivity index (χ3n) is 1.84. The molecule has 0 heterocycles. The van der Waals surface area contributed by atoms with Gasteiger partial charge in [0, 0.05) is 0 Å². The lowest BCUT2D eigenvalue weighted by atomic mass is 9.98. The molecule has 0 unspecified atom stereocenters. The van der Waals surface area contributed by atoms with Crippen LogP contribution in [0.25, 0.3) is 11.4 Å². The zero-order valence-electron chi connectivity index (χ0n) is 6.14. The summed E-state index contributed by atoms with van der Waals surface area (Å²) in [6.45, 7) is 0. The Hall–Kier alpha value is -0.890. The van der Waals surface area contributed by atoms with E-state index in [1.54, 1.807) is 12.1 Å². The van der Waals surface area contributed by atoms with E-state index in [1.165, 1.54) is 6.08 Å². The Morgan fingerprint density at radius 3 is 2.42 bits per heavy atom. The number of hydrogen-bond acceptors (Lipinski definition) is 1. The van der Waals surface area contributed by atoms with Crippen molar-refractivity contribution in [1.29, 1.82) is 0 Å². The van der Waals surface area contributed by atoms with Gasteiger partial charge in [-0.3, -0.25) is 4.57 Å². The summed E-state index contributed by atoms with van der Waals surface area (Å²) in [5.41, 5.74) is 1.57. The summed E-state index contributed by atoms with van der Waals surface area (Å²) in [5.74, 6) is 0. The van der Waals surface area contributed by atoms with Crippen LogP contribution in [-0.4, -0.2) is 9.79 Å². The predicted octanol–water partition coefficient (Wildman–Crippen LogP) is 1.68. The van der Waals surface area contributed by atoms with Gasteiger partial charge in [-0.15, -0.1) is 0 Å². The summed E-state index contributed by atoms with van der Waals surface area (Å²) in [6.07, 6.45) is 1.52. The van der Waals surface area contributed by atoms with Crippen molar-refractivity contribution in [3.8, 4) is 0 Å². The van der Waals surface area contributed by atoms with E-state index in [1.807, 2.05) is 12.1 Å². The molecule has 0 aromatic heterocycles. The Kier molecular flexibility index (Phi) is 1.48. The van der Waals surface area contributed by atoms with E-state index in [0.29, 0.717) is 5.56 Å². The maximum atomic E-state index is 10.8. The Balaban J connectivity index is 2.47. The first kappa shape index (κ1) is 7.74. The van der Waals surface area contributed by atoms with Crippen LogP contribution in [0.1, 0.15) is 11.1 Å². The SMILES string of the molecule is O=P(O)(O)C1=Cc2ccccc21. The van der Waals surface area contributed by atoms with E-state index >= 15 is 0 Å². The topological polar surface area (TPSA) is 57.5 Å². The fraction of sp³-hybridized carbons (Fsp3) is 0. The molecule has 0 atom stereocenters. The third kappa shape index (κ3) is 1.03. The molecule has 0 radical (unpaired) electrons. The summed E-state index contributed by atoms with van der Waals surface area (Å²) < 4.78 is 10.8. The first-order valence-corrected chi connectivity index (χ1v) is 5.07. The summed E-state index contributed by atoms with van der Waals surface area (Å²) in [7, 11) is -4.04. The highest BCUT2D eigenvalue weighted by Gasteiger charge is 2.29. The maximum absolute atomic E-state index is 10.8. The highest BCUT2D eigenvalue weighted by molar-refractivity contribution is 7.63. The van der Waals surface area contributed by atoms with Gasteiger partial charge in [-0.05, 0) is 17.2 Å². The number of hydrogen-bond donors (Lipinski definition) is 2. The van der Waals surface area contributed by atoms with Gasteiger partial charge < -0.3 is 9.79 Å². The molecule has 12 heavy (non-hydrogen) atoms. The fourth-order valence-corrected chi connectivity index (χ4v) is 2.07. The second-order valence-electron chi connectivity index (χ2n) is 2.66. The molecule has 3 nitrogen and oxygen atoms in total. The van der Waals surface area contributed by atoms with Crippen LogP contribution < -0.4 is 0 Å². The molecule has 1 aliphatic carbocycles. The van der Waals surface area contributed by atoms with Crippen molar-refractivity contribution < 1.29 is 14.4 Å². The van der Waals surface area contributed by atoms with Crippen LogP contribution >= 0.6 is 7.60 Å². The lowest BCUT2D eigenvalue weighted by Gasteiger charge is -2.19. The Labute approximate surface area is 69.5 Å². The summed E-state index contributed by atoms with van der Waals surface area (Å²) >= 11 is 0. The van der Waals surface area contributed by atoms with Gasteiger partial charge in [-0.1, -0.05) is 24.3 Å². The van der Waals surface area contributed by atoms with Crippen molar-refractivity contribution in [3.63, 3.8) is 0 Å². The highest BCUT2D eigenvalue weighted by atomic mass is 31.2. The van der Waals surface area contributed by atoms with Gasteiger partial charge in [0.15, 0.2) is 0 Å². The van der Waals surface area contributed by atoms with Gasteiger partial charge in [0.2, 0.25) is 0 Å². The molecule has 1 aromatic carbocycles. The van der Waals surface area contributed by atoms with Crippen LogP contribution in [0, 0.1) is 0 Å². The lowest BCUT2D eigenvalue weighted by molar-refractivity contribution is 0.388. The third-order valence-corrected chi connectivity index (χ3v) is 2.84. The van der Waals surface area contributed by atoms with E-state index in [-0.39, 0.29) is 5.31 Å². The molecule has 2 rings (SSSR count). The first-order chi connectivity index (χ1) is 5.59. The number of fused-ring (bicyclic) bond motifs is 1. The van der Waals surface area contributed by atoms with Crippen LogP contribution in [0.15, 0.2) is 24.3 Å². The summed E-state index contributed by atoms with van der Waals surface area (Å²) in [6, 6.07) is 7.14. The molecular formula is C8H7O3P. The molecule has 1 aromatic rings. The zero-order valence-corrected chi connectivity index (χ0v) is 7.03. The van der Waals surface area contributed by atoms with Crippen LogP contribution in [0.4, 0.5) is 0 Å². The van der Waals surface area contributed by atoms with Crippen molar-refractivity contribution >= 4 is 19.0 Å². The smallest absolute Gasteiger partial charge is 0.321 e. The fourth-order valence-electron chi connectivity index (χ4n) is 1.24. The predicted molar refractivity (Wildman–Crippen MR) is 46.4 cm³/mol. The number of rotatable bonds is 1. The van der Waals surface area contributed by atoms with Crippen LogP contribution in [-0.2, 0) is 4.57 Å². The van der Waals surface area contributed by atoms with Gasteiger partial charge >= 0.3 is 7.60 Å². The summed E-state index contributed by atoms with van der Waals surface area (Å²) in [5, 5.41) is 0.151. The quantitative estimate of drug-likeness (QED) is 0.649. The second-order valence-corrected chi connectivity index (χ2v) is 4.23. The molecule has 4 heteroatoms. The largest absolute Gasteiger partial charge is 0.356 e. The Bertz CT molecular complexity index is 403. The second kappa shape index (κ2) is 2.30. The van der Waals surface area contributed by atoms with Gasteiger partial charge in [-0.25, -0.2) is 0 Å². The van der Waals surface area contributed by atoms with Crippen molar-refractivity contribution in [2.45, 2.75) is 0 Å². The molecule has 0 aliphatic heterocycles. The van der Waals surface area contributed by atoms with Gasteiger partial charge in [0.1, 0.15) is 0 Å². The Morgan fingerprint density at radius 1 is 1.17 bits per heavy atom. The lowest BCUT2D eigenvalue weighted by Crippen LogP contribution is -1.98. The minimum absolute atomic E-state index is 0.151. The van der Waals surface area contributed by atoms with Gasteiger partial charge in [-0.2, -0.15) is 0 Å². The van der Waals surface area contributed by atoms with Crippen LogP contribution in [0.5, 0.6) is 0 Å². The highest BCUT2D eigenvalue weighted by Crippen LogP contribution is 2.57. The van der Waals surface area contributed by atoms with Crippen LogP contribution in [0.3, 0.4) is 0 Å². The van der Waals surface area contributed by atoms with Crippen LogP contribution in [0.2, 0.25) is 0 Å². The molecule has 0 saturated carbocycles. The normalized spacial score (nSPS) is 14.7. The minimum Gasteiger partial charge on any atom is -0.321 e. The average Bonchev–Trinajstić information content (AvgIpc) is 1.88. The molecule has 0 spiro atoms. The van der Waals surface area contributed by atoms with E-state index in [2.05, 4.69) is 0 Å². The Morgan fingerprint density at radius 2 is 1.83 bits per heavy atom. The number of benzene rings is 1. The zero-order chi connectivity index (χ0) is 8.77. The van der Waals surface area contributed by atoms with Gasteiger partial charge in [0.05, 0.1) is 5.31 Å². The van der Waals surface area contributed by atoms with E-state index < -0.39 is 7.60 Å². The summed E-state index contributed by atoms with van der Waals surface area (Å²) in [4.78, 5) is 17.7. The van der Waals surface area contributed by atoms with Crippen molar-refractivity contribution in [2.75, 3.05) is 0 Å². The van der Waals surface area contributed by atoms with Crippen molar-refractivity contribution in [1.82, 2.24) is 0 Å². The van der Waals surface area contributed by atoms with Crippen molar-refractivity contribution in [3.05, 3.63) is 35.4 Å². The van der Waals surface area contributed by atoms with Crippen molar-refractivity contribution in [2.24, 2.45) is 0 Å².